The van der Waals surface area contributed by atoms with Gasteiger partial charge >= 0.3 is 0 Å². The predicted molar refractivity (Wildman–Crippen MR) is 67.9 cm³/mol. The van der Waals surface area contributed by atoms with Crippen LogP contribution in [0.2, 0.25) is 5.02 Å². The summed E-state index contributed by atoms with van der Waals surface area (Å²) in [5.74, 6) is -0.293. The molecule has 1 atom stereocenters. The van der Waals surface area contributed by atoms with Crippen molar-refractivity contribution in [3.63, 3.8) is 0 Å². The summed E-state index contributed by atoms with van der Waals surface area (Å²) in [6, 6.07) is 6.76. The molecule has 0 radical (unpaired) electrons. The maximum atomic E-state index is 11.8. The Labute approximate surface area is 106 Å². The summed E-state index contributed by atoms with van der Waals surface area (Å²) >= 11 is 5.94. The summed E-state index contributed by atoms with van der Waals surface area (Å²) in [5, 5.41) is 14.8. The van der Waals surface area contributed by atoms with Gasteiger partial charge in [-0.05, 0) is 25.2 Å². The first-order valence-corrected chi connectivity index (χ1v) is 5.61. The number of rotatable bonds is 4. The summed E-state index contributed by atoms with van der Waals surface area (Å²) < 4.78 is 0. The van der Waals surface area contributed by atoms with Crippen LogP contribution < -0.4 is 10.6 Å². The molecule has 0 spiro atoms. The minimum atomic E-state index is -0.165. The van der Waals surface area contributed by atoms with Crippen molar-refractivity contribution in [3.8, 4) is 6.07 Å². The number of benzene rings is 1. The molecule has 1 aromatic carbocycles. The Balaban J connectivity index is 2.81. The maximum absolute atomic E-state index is 11.8. The molecule has 1 unspecified atom stereocenters. The maximum Gasteiger partial charge on any atom is 0.228 e. The smallest absolute Gasteiger partial charge is 0.228 e. The van der Waals surface area contributed by atoms with E-state index >= 15 is 0 Å². The molecule has 0 saturated carbocycles. The number of halogens is 1. The van der Waals surface area contributed by atoms with Gasteiger partial charge in [0.05, 0.1) is 22.3 Å². The summed E-state index contributed by atoms with van der Waals surface area (Å²) in [6.45, 7) is 2.40. The lowest BCUT2D eigenvalue weighted by Gasteiger charge is -2.12. The van der Waals surface area contributed by atoms with E-state index in [0.717, 1.165) is 0 Å². The normalized spacial score (nSPS) is 11.6. The Morgan fingerprint density at radius 3 is 2.88 bits per heavy atom. The largest absolute Gasteiger partial charge is 0.324 e. The van der Waals surface area contributed by atoms with Crippen molar-refractivity contribution in [2.24, 2.45) is 5.92 Å². The fourth-order valence-electron chi connectivity index (χ4n) is 1.35. The number of hydrogen-bond donors (Lipinski definition) is 2. The molecule has 2 N–H and O–H groups in total. The highest BCUT2D eigenvalue weighted by atomic mass is 35.5. The Hall–Kier alpha value is -1.57. The Kier molecular flexibility index (Phi) is 4.95. The van der Waals surface area contributed by atoms with E-state index in [1.165, 1.54) is 0 Å². The fraction of sp³-hybridized carbons (Fsp3) is 0.333. The van der Waals surface area contributed by atoms with Crippen LogP contribution in [0.1, 0.15) is 12.5 Å². The van der Waals surface area contributed by atoms with Gasteiger partial charge in [-0.25, -0.2) is 0 Å². The lowest BCUT2D eigenvalue weighted by atomic mass is 10.1. The number of nitrogens with zero attached hydrogens (tertiary/aromatic N) is 1. The van der Waals surface area contributed by atoms with E-state index in [0.29, 0.717) is 22.8 Å². The number of nitriles is 1. The van der Waals surface area contributed by atoms with Crippen molar-refractivity contribution in [1.82, 2.24) is 5.32 Å². The average Bonchev–Trinajstić information content (AvgIpc) is 2.32. The van der Waals surface area contributed by atoms with E-state index in [-0.39, 0.29) is 11.8 Å². The molecule has 1 aromatic rings. The van der Waals surface area contributed by atoms with E-state index in [9.17, 15) is 4.79 Å². The van der Waals surface area contributed by atoms with E-state index in [2.05, 4.69) is 10.6 Å². The van der Waals surface area contributed by atoms with E-state index in [1.54, 1.807) is 25.2 Å². The molecule has 0 bridgehead atoms. The van der Waals surface area contributed by atoms with Gasteiger partial charge in [0.1, 0.15) is 0 Å². The highest BCUT2D eigenvalue weighted by Gasteiger charge is 2.13. The summed E-state index contributed by atoms with van der Waals surface area (Å²) in [5.41, 5.74) is 0.935. The molecule has 0 aromatic heterocycles. The van der Waals surface area contributed by atoms with Crippen LogP contribution in [-0.2, 0) is 4.79 Å². The predicted octanol–water partition coefficient (Wildman–Crippen LogP) is 2.01. The zero-order valence-corrected chi connectivity index (χ0v) is 10.5. The summed E-state index contributed by atoms with van der Waals surface area (Å²) in [7, 11) is 1.78. The Bertz CT molecular complexity index is 454. The van der Waals surface area contributed by atoms with Gasteiger partial charge in [0.25, 0.3) is 0 Å². The third-order valence-electron chi connectivity index (χ3n) is 2.31. The van der Waals surface area contributed by atoms with Crippen LogP contribution in [0.4, 0.5) is 5.69 Å². The van der Waals surface area contributed by atoms with Gasteiger partial charge in [-0.1, -0.05) is 18.5 Å². The lowest BCUT2D eigenvalue weighted by Crippen LogP contribution is -2.28. The fourth-order valence-corrected chi connectivity index (χ4v) is 1.51. The molecule has 0 saturated heterocycles. The first-order chi connectivity index (χ1) is 8.08. The van der Waals surface area contributed by atoms with Crippen LogP contribution >= 0.6 is 11.6 Å². The molecule has 0 fully saturated rings. The minimum absolute atomic E-state index is 0.128. The molecule has 0 heterocycles. The van der Waals surface area contributed by atoms with Gasteiger partial charge < -0.3 is 10.6 Å². The van der Waals surface area contributed by atoms with Crippen LogP contribution in [0.3, 0.4) is 0 Å². The molecule has 1 rings (SSSR count). The molecular formula is C12H14ClN3O. The standard InChI is InChI=1S/C12H14ClN3O/c1-8(7-15-2)12(17)16-11-5-9(6-14)3-4-10(11)13/h3-5,8,15H,7H2,1-2H3,(H,16,17). The summed E-state index contributed by atoms with van der Waals surface area (Å²) in [4.78, 5) is 11.8. The minimum Gasteiger partial charge on any atom is -0.324 e. The van der Waals surface area contributed by atoms with Crippen molar-refractivity contribution in [2.75, 3.05) is 18.9 Å². The highest BCUT2D eigenvalue weighted by molar-refractivity contribution is 6.33. The monoisotopic (exact) mass is 251 g/mol. The second-order valence-electron chi connectivity index (χ2n) is 3.75. The van der Waals surface area contributed by atoms with Crippen molar-refractivity contribution in [3.05, 3.63) is 28.8 Å². The van der Waals surface area contributed by atoms with E-state index in [4.69, 9.17) is 16.9 Å². The molecule has 0 aliphatic heterocycles. The number of carbonyl (C=O) groups excluding carboxylic acids is 1. The van der Waals surface area contributed by atoms with Gasteiger partial charge in [0.15, 0.2) is 0 Å². The van der Waals surface area contributed by atoms with Crippen LogP contribution in [0.15, 0.2) is 18.2 Å². The van der Waals surface area contributed by atoms with Crippen molar-refractivity contribution < 1.29 is 4.79 Å². The third-order valence-corrected chi connectivity index (χ3v) is 2.64. The van der Waals surface area contributed by atoms with Crippen molar-refractivity contribution in [1.29, 1.82) is 5.26 Å². The van der Waals surface area contributed by atoms with Crippen LogP contribution in [0.25, 0.3) is 0 Å². The zero-order chi connectivity index (χ0) is 12.8. The van der Waals surface area contributed by atoms with Gasteiger partial charge in [0, 0.05) is 12.5 Å². The van der Waals surface area contributed by atoms with Gasteiger partial charge in [-0.2, -0.15) is 5.26 Å². The third kappa shape index (κ3) is 3.74. The number of carbonyl (C=O) groups is 1. The topological polar surface area (TPSA) is 64.9 Å². The molecule has 0 aliphatic rings. The first-order valence-electron chi connectivity index (χ1n) is 5.23. The van der Waals surface area contributed by atoms with Gasteiger partial charge in [-0.3, -0.25) is 4.79 Å². The first kappa shape index (κ1) is 13.5. The molecule has 0 aliphatic carbocycles. The molecule has 90 valence electrons. The molecular weight excluding hydrogens is 238 g/mol. The number of amides is 1. The zero-order valence-electron chi connectivity index (χ0n) is 9.75. The average molecular weight is 252 g/mol. The second-order valence-corrected chi connectivity index (χ2v) is 4.16. The molecule has 5 heteroatoms. The number of nitrogens with one attached hydrogen (secondary N) is 2. The molecule has 1 amide bonds. The molecule has 17 heavy (non-hydrogen) atoms. The van der Waals surface area contributed by atoms with Gasteiger partial charge in [-0.15, -0.1) is 0 Å². The summed E-state index contributed by atoms with van der Waals surface area (Å²) in [6.07, 6.45) is 0. The molecule has 4 nitrogen and oxygen atoms in total. The SMILES string of the molecule is CNCC(C)C(=O)Nc1cc(C#N)ccc1Cl. The Morgan fingerprint density at radius 1 is 1.59 bits per heavy atom. The van der Waals surface area contributed by atoms with Crippen LogP contribution in [0, 0.1) is 17.2 Å². The Morgan fingerprint density at radius 2 is 2.29 bits per heavy atom. The van der Waals surface area contributed by atoms with E-state index < -0.39 is 0 Å². The number of anilines is 1. The number of hydrogen-bond acceptors (Lipinski definition) is 3. The highest BCUT2D eigenvalue weighted by Crippen LogP contribution is 2.23. The van der Waals surface area contributed by atoms with Crippen molar-refractivity contribution in [2.45, 2.75) is 6.92 Å². The quantitative estimate of drug-likeness (QED) is 0.860. The van der Waals surface area contributed by atoms with Crippen LogP contribution in [0.5, 0.6) is 0 Å². The lowest BCUT2D eigenvalue weighted by molar-refractivity contribution is -0.119. The van der Waals surface area contributed by atoms with E-state index in [1.807, 2.05) is 13.0 Å². The van der Waals surface area contributed by atoms with Gasteiger partial charge in [0.2, 0.25) is 5.91 Å². The second kappa shape index (κ2) is 6.24. The van der Waals surface area contributed by atoms with Crippen molar-refractivity contribution >= 4 is 23.2 Å². The van der Waals surface area contributed by atoms with Crippen LogP contribution in [-0.4, -0.2) is 19.5 Å².